The van der Waals surface area contributed by atoms with Gasteiger partial charge in [-0.1, -0.05) is 12.1 Å². The Morgan fingerprint density at radius 3 is 2.60 bits per heavy atom. The second-order valence-corrected chi connectivity index (χ2v) is 11.1. The van der Waals surface area contributed by atoms with Crippen LogP contribution < -0.4 is 10.0 Å². The summed E-state index contributed by atoms with van der Waals surface area (Å²) in [6.45, 7) is 6.52. The van der Waals surface area contributed by atoms with Crippen molar-refractivity contribution >= 4 is 32.7 Å². The van der Waals surface area contributed by atoms with Crippen molar-refractivity contribution in [3.05, 3.63) is 59.8 Å². The van der Waals surface area contributed by atoms with Crippen molar-refractivity contribution in [1.82, 2.24) is 24.6 Å². The average Bonchev–Trinajstić information content (AvgIpc) is 3.25. The van der Waals surface area contributed by atoms with Gasteiger partial charge in [0.25, 0.3) is 10.0 Å². The molecule has 1 aliphatic rings. The lowest BCUT2D eigenvalue weighted by Gasteiger charge is -2.26. The van der Waals surface area contributed by atoms with Gasteiger partial charge < -0.3 is 10.1 Å². The number of aryl methyl sites for hydroxylation is 2. The van der Waals surface area contributed by atoms with Crippen molar-refractivity contribution in [1.29, 1.82) is 0 Å². The molecule has 4 aromatic rings. The molecule has 0 spiro atoms. The summed E-state index contributed by atoms with van der Waals surface area (Å²) in [6.07, 6.45) is -2.96. The van der Waals surface area contributed by atoms with Gasteiger partial charge >= 0.3 is 6.18 Å². The zero-order valence-electron chi connectivity index (χ0n) is 21.9. The third-order valence-corrected chi connectivity index (χ3v) is 7.97. The van der Waals surface area contributed by atoms with Crippen LogP contribution in [-0.2, 0) is 28.0 Å². The van der Waals surface area contributed by atoms with E-state index in [1.165, 1.54) is 0 Å². The molecule has 1 aliphatic heterocycles. The average molecular weight is 576 g/mol. The van der Waals surface area contributed by atoms with Gasteiger partial charge in [-0.25, -0.2) is 18.1 Å². The van der Waals surface area contributed by atoms with Crippen molar-refractivity contribution < 1.29 is 26.3 Å². The summed E-state index contributed by atoms with van der Waals surface area (Å²) in [5, 5.41) is 8.57. The number of ether oxygens (including phenoxy) is 1. The van der Waals surface area contributed by atoms with E-state index in [0.717, 1.165) is 56.4 Å². The maximum atomic E-state index is 13.1. The highest BCUT2D eigenvalue weighted by Gasteiger charge is 2.31. The van der Waals surface area contributed by atoms with E-state index >= 15 is 0 Å². The van der Waals surface area contributed by atoms with Crippen molar-refractivity contribution in [2.45, 2.75) is 18.0 Å². The molecular formula is C26H28F3N7O3S. The molecule has 2 aromatic carbocycles. The molecular weight excluding hydrogens is 547 g/mol. The van der Waals surface area contributed by atoms with Gasteiger partial charge in [0.2, 0.25) is 5.95 Å². The van der Waals surface area contributed by atoms with Gasteiger partial charge in [0.1, 0.15) is 5.69 Å². The Labute approximate surface area is 229 Å². The molecule has 212 valence electrons. The van der Waals surface area contributed by atoms with Gasteiger partial charge in [-0.2, -0.15) is 23.3 Å². The molecule has 0 unspecified atom stereocenters. The number of sulfonamides is 1. The third-order valence-electron chi connectivity index (χ3n) is 6.61. The van der Waals surface area contributed by atoms with Crippen LogP contribution in [0.5, 0.6) is 0 Å². The minimum atomic E-state index is -4.65. The largest absolute Gasteiger partial charge is 0.416 e. The van der Waals surface area contributed by atoms with E-state index in [9.17, 15) is 21.6 Å². The summed E-state index contributed by atoms with van der Waals surface area (Å²) in [5.74, 6) is 0.492. The molecule has 5 rings (SSSR count). The molecule has 3 heterocycles. The maximum absolute atomic E-state index is 13.1. The second-order valence-electron chi connectivity index (χ2n) is 9.44. The van der Waals surface area contributed by atoms with Crippen LogP contribution in [0.4, 0.5) is 24.8 Å². The number of benzene rings is 2. The number of alkyl halides is 3. The van der Waals surface area contributed by atoms with Crippen molar-refractivity contribution in [3.8, 4) is 11.3 Å². The molecule has 0 atom stereocenters. The topological polar surface area (TPSA) is 114 Å². The van der Waals surface area contributed by atoms with E-state index < -0.39 is 26.7 Å². The Bertz CT molecular complexity index is 1630. The molecule has 1 saturated heterocycles. The molecule has 0 radical (unpaired) electrons. The Balaban J connectivity index is 1.33. The minimum absolute atomic E-state index is 0.240. The van der Waals surface area contributed by atoms with E-state index in [-0.39, 0.29) is 5.69 Å². The number of anilines is 2. The first-order valence-electron chi connectivity index (χ1n) is 12.6. The fourth-order valence-corrected chi connectivity index (χ4v) is 5.63. The second kappa shape index (κ2) is 11.0. The fourth-order valence-electron chi connectivity index (χ4n) is 4.46. The fraction of sp³-hybridized carbons (Fsp3) is 0.346. The van der Waals surface area contributed by atoms with E-state index in [1.807, 2.05) is 0 Å². The Kier molecular flexibility index (Phi) is 7.66. The number of nitrogens with zero attached hydrogens (tertiary/aromatic N) is 5. The zero-order chi connectivity index (χ0) is 28.5. The van der Waals surface area contributed by atoms with Crippen molar-refractivity contribution in [2.24, 2.45) is 7.05 Å². The maximum Gasteiger partial charge on any atom is 0.416 e. The lowest BCUT2D eigenvalue weighted by Crippen LogP contribution is -2.39. The highest BCUT2D eigenvalue weighted by Crippen LogP contribution is 2.32. The molecule has 0 amide bonds. The van der Waals surface area contributed by atoms with Crippen LogP contribution in [0.1, 0.15) is 11.1 Å². The van der Waals surface area contributed by atoms with Crippen LogP contribution in [0.25, 0.3) is 22.3 Å². The smallest absolute Gasteiger partial charge is 0.379 e. The van der Waals surface area contributed by atoms with Crippen LogP contribution >= 0.6 is 0 Å². The van der Waals surface area contributed by atoms with E-state index in [4.69, 9.17) is 4.74 Å². The monoisotopic (exact) mass is 575 g/mol. The first kappa shape index (κ1) is 27.8. The molecule has 0 saturated carbocycles. The molecule has 0 bridgehead atoms. The van der Waals surface area contributed by atoms with Gasteiger partial charge in [0, 0.05) is 45.0 Å². The Morgan fingerprint density at radius 1 is 1.10 bits per heavy atom. The molecule has 0 aliphatic carbocycles. The summed E-state index contributed by atoms with van der Waals surface area (Å²) in [7, 11) is -2.47. The summed E-state index contributed by atoms with van der Waals surface area (Å²) in [4.78, 5) is 10.9. The number of nitrogens with one attached hydrogen (secondary N) is 2. The number of aromatic nitrogens is 4. The minimum Gasteiger partial charge on any atom is -0.379 e. The third kappa shape index (κ3) is 6.03. The first-order chi connectivity index (χ1) is 19.0. The van der Waals surface area contributed by atoms with Crippen molar-refractivity contribution in [2.75, 3.05) is 49.4 Å². The molecule has 2 aromatic heterocycles. The van der Waals surface area contributed by atoms with Gasteiger partial charge in [0.15, 0.2) is 5.65 Å². The lowest BCUT2D eigenvalue weighted by atomic mass is 10.1. The van der Waals surface area contributed by atoms with Crippen LogP contribution in [0.15, 0.2) is 53.6 Å². The number of hydrogen-bond donors (Lipinski definition) is 2. The summed E-state index contributed by atoms with van der Waals surface area (Å²) < 4.78 is 74.3. The standard InChI is InChI=1S/C26H28F3N7O3S/c1-17-14-18(6-7-22(17)34-40(37,38)20-5-3-4-19(15-20)26(27,28)29)23-21-16-31-25(32-24(21)35(2)33-23)30-8-9-36-10-12-39-13-11-36/h3-7,14-16,34H,8-13H2,1-2H3,(H,30,31,32). The Morgan fingerprint density at radius 2 is 1.88 bits per heavy atom. The quantitative estimate of drug-likeness (QED) is 0.325. The summed E-state index contributed by atoms with van der Waals surface area (Å²) in [6, 6.07) is 8.61. The number of fused-ring (bicyclic) bond motifs is 1. The predicted octanol–water partition coefficient (Wildman–Crippen LogP) is 3.90. The molecule has 2 N–H and O–H groups in total. The van der Waals surface area contributed by atoms with E-state index in [1.54, 1.807) is 43.0 Å². The molecule has 10 nitrogen and oxygen atoms in total. The van der Waals surface area contributed by atoms with Crippen LogP contribution in [0.3, 0.4) is 0 Å². The number of hydrogen-bond acceptors (Lipinski definition) is 8. The van der Waals surface area contributed by atoms with Crippen LogP contribution in [0, 0.1) is 6.92 Å². The molecule has 14 heteroatoms. The highest BCUT2D eigenvalue weighted by atomic mass is 32.2. The SMILES string of the molecule is Cc1cc(-c2nn(C)c3nc(NCCN4CCOCC4)ncc23)ccc1NS(=O)(=O)c1cccc(C(F)(F)F)c1. The van der Waals surface area contributed by atoms with Gasteiger partial charge in [0.05, 0.1) is 34.7 Å². The number of rotatable bonds is 8. The van der Waals surface area contributed by atoms with Crippen LogP contribution in [-0.4, -0.2) is 72.5 Å². The summed E-state index contributed by atoms with van der Waals surface area (Å²) >= 11 is 0. The zero-order valence-corrected chi connectivity index (χ0v) is 22.7. The normalized spacial score (nSPS) is 14.9. The summed E-state index contributed by atoms with van der Waals surface area (Å²) in [5.41, 5.74) is 1.72. The predicted molar refractivity (Wildman–Crippen MR) is 144 cm³/mol. The lowest BCUT2D eigenvalue weighted by molar-refractivity contribution is -0.137. The van der Waals surface area contributed by atoms with E-state index in [2.05, 4.69) is 30.0 Å². The van der Waals surface area contributed by atoms with Crippen molar-refractivity contribution in [3.63, 3.8) is 0 Å². The van der Waals surface area contributed by atoms with Gasteiger partial charge in [-0.05, 0) is 42.8 Å². The molecule has 40 heavy (non-hydrogen) atoms. The molecule has 1 fully saturated rings. The highest BCUT2D eigenvalue weighted by molar-refractivity contribution is 7.92. The van der Waals surface area contributed by atoms with E-state index in [0.29, 0.717) is 41.0 Å². The van der Waals surface area contributed by atoms with Gasteiger partial charge in [-0.15, -0.1) is 0 Å². The number of morpholine rings is 1. The van der Waals surface area contributed by atoms with Gasteiger partial charge in [-0.3, -0.25) is 9.62 Å². The van der Waals surface area contributed by atoms with Crippen LogP contribution in [0.2, 0.25) is 0 Å². The first-order valence-corrected chi connectivity index (χ1v) is 14.0. The Hall–Kier alpha value is -3.75. The number of halogens is 3.